The van der Waals surface area contributed by atoms with E-state index < -0.39 is 0 Å². The number of nitrogens with zero attached hydrogens (tertiary/aromatic N) is 3. The predicted octanol–water partition coefficient (Wildman–Crippen LogP) is 2.49. The Kier molecular flexibility index (Phi) is 3.57. The number of anilines is 1. The van der Waals surface area contributed by atoms with E-state index in [9.17, 15) is 4.79 Å². The van der Waals surface area contributed by atoms with Gasteiger partial charge >= 0.3 is 0 Å². The standard InChI is InChI=1S/C18H17N5O/c19-17-14-6-5-12(8-15(14)21-10-22-17)18(24)23-16(11-3-4-11)13-2-1-7-20-9-13/h1-2,5-11,16H,3-4H2,(H,23,24)(H2,19,21,22). The summed E-state index contributed by atoms with van der Waals surface area (Å²) in [5.74, 6) is 0.782. The number of carbonyl (C=O) groups is 1. The molecular weight excluding hydrogens is 302 g/mol. The summed E-state index contributed by atoms with van der Waals surface area (Å²) in [6, 6.07) is 9.19. The van der Waals surface area contributed by atoms with Crippen molar-refractivity contribution in [3.05, 3.63) is 60.2 Å². The number of rotatable bonds is 4. The maximum Gasteiger partial charge on any atom is 0.251 e. The van der Waals surface area contributed by atoms with Gasteiger partial charge in [0.15, 0.2) is 0 Å². The molecule has 1 saturated carbocycles. The number of amides is 1. The van der Waals surface area contributed by atoms with E-state index >= 15 is 0 Å². The molecule has 24 heavy (non-hydrogen) atoms. The minimum atomic E-state index is -0.116. The normalized spacial score (nSPS) is 15.2. The van der Waals surface area contributed by atoms with Crippen LogP contribution in [0.25, 0.3) is 10.9 Å². The van der Waals surface area contributed by atoms with E-state index in [1.54, 1.807) is 24.4 Å². The van der Waals surface area contributed by atoms with Crippen LogP contribution in [-0.2, 0) is 0 Å². The summed E-state index contributed by atoms with van der Waals surface area (Å²) in [6.07, 6.45) is 7.21. The van der Waals surface area contributed by atoms with Crippen molar-refractivity contribution in [3.8, 4) is 0 Å². The summed E-state index contributed by atoms with van der Waals surface area (Å²) in [5.41, 5.74) is 8.10. The van der Waals surface area contributed by atoms with Gasteiger partial charge in [-0.25, -0.2) is 9.97 Å². The van der Waals surface area contributed by atoms with Crippen LogP contribution in [0, 0.1) is 5.92 Å². The molecule has 1 amide bonds. The molecule has 0 spiro atoms. The quantitative estimate of drug-likeness (QED) is 0.770. The first kappa shape index (κ1) is 14.6. The number of pyridine rings is 1. The number of hydrogen-bond acceptors (Lipinski definition) is 5. The highest BCUT2D eigenvalue weighted by molar-refractivity contribution is 5.99. The third-order valence-corrected chi connectivity index (χ3v) is 4.35. The Morgan fingerprint density at radius 3 is 2.88 bits per heavy atom. The van der Waals surface area contributed by atoms with Crippen molar-refractivity contribution in [2.75, 3.05) is 5.73 Å². The Morgan fingerprint density at radius 1 is 1.25 bits per heavy atom. The first-order chi connectivity index (χ1) is 11.7. The molecule has 2 heterocycles. The van der Waals surface area contributed by atoms with Gasteiger partial charge in [0.2, 0.25) is 0 Å². The van der Waals surface area contributed by atoms with Crippen LogP contribution >= 0.6 is 0 Å². The molecule has 6 nitrogen and oxygen atoms in total. The summed E-state index contributed by atoms with van der Waals surface area (Å²) >= 11 is 0. The highest BCUT2D eigenvalue weighted by atomic mass is 16.1. The summed E-state index contributed by atoms with van der Waals surface area (Å²) in [5, 5.41) is 3.89. The minimum absolute atomic E-state index is 0.00244. The molecule has 0 saturated heterocycles. The van der Waals surface area contributed by atoms with Gasteiger partial charge < -0.3 is 11.1 Å². The summed E-state index contributed by atoms with van der Waals surface area (Å²) in [6.45, 7) is 0. The van der Waals surface area contributed by atoms with Gasteiger partial charge in [-0.2, -0.15) is 0 Å². The van der Waals surface area contributed by atoms with Crippen molar-refractivity contribution in [2.24, 2.45) is 5.92 Å². The number of aromatic nitrogens is 3. The van der Waals surface area contributed by atoms with Crippen LogP contribution in [0.1, 0.15) is 34.8 Å². The zero-order chi connectivity index (χ0) is 16.5. The third-order valence-electron chi connectivity index (χ3n) is 4.35. The Labute approximate surface area is 139 Å². The van der Waals surface area contributed by atoms with Gasteiger partial charge in [-0.05, 0) is 48.6 Å². The van der Waals surface area contributed by atoms with Crippen molar-refractivity contribution >= 4 is 22.6 Å². The number of nitrogen functional groups attached to an aromatic ring is 1. The zero-order valence-electron chi connectivity index (χ0n) is 13.0. The molecule has 3 N–H and O–H groups in total. The van der Waals surface area contributed by atoms with Crippen molar-refractivity contribution in [1.29, 1.82) is 0 Å². The van der Waals surface area contributed by atoms with Gasteiger partial charge in [0.1, 0.15) is 12.1 Å². The van der Waals surface area contributed by atoms with Crippen molar-refractivity contribution in [1.82, 2.24) is 20.3 Å². The molecule has 1 aliphatic rings. The van der Waals surface area contributed by atoms with Crippen molar-refractivity contribution < 1.29 is 4.79 Å². The van der Waals surface area contributed by atoms with E-state index in [0.29, 0.717) is 22.8 Å². The molecule has 1 aromatic carbocycles. The molecule has 4 rings (SSSR count). The van der Waals surface area contributed by atoms with E-state index in [-0.39, 0.29) is 11.9 Å². The monoisotopic (exact) mass is 319 g/mol. The molecule has 1 fully saturated rings. The van der Waals surface area contributed by atoms with E-state index in [1.807, 2.05) is 18.3 Å². The molecule has 6 heteroatoms. The molecule has 120 valence electrons. The lowest BCUT2D eigenvalue weighted by molar-refractivity contribution is 0.0931. The smallest absolute Gasteiger partial charge is 0.251 e. The largest absolute Gasteiger partial charge is 0.383 e. The topological polar surface area (TPSA) is 93.8 Å². The first-order valence-electron chi connectivity index (χ1n) is 7.93. The number of hydrogen-bond donors (Lipinski definition) is 2. The summed E-state index contributed by atoms with van der Waals surface area (Å²) in [7, 11) is 0. The Bertz CT molecular complexity index is 892. The molecule has 0 aliphatic heterocycles. The molecule has 1 aliphatic carbocycles. The van der Waals surface area contributed by atoms with E-state index in [4.69, 9.17) is 5.73 Å². The lowest BCUT2D eigenvalue weighted by atomic mass is 10.0. The van der Waals surface area contributed by atoms with Crippen LogP contribution in [0.2, 0.25) is 0 Å². The zero-order valence-corrected chi connectivity index (χ0v) is 13.0. The Balaban J connectivity index is 1.61. The van der Waals surface area contributed by atoms with Crippen LogP contribution in [-0.4, -0.2) is 20.9 Å². The minimum Gasteiger partial charge on any atom is -0.383 e. The molecule has 0 radical (unpaired) electrons. The molecule has 2 aromatic heterocycles. The molecule has 1 unspecified atom stereocenters. The first-order valence-corrected chi connectivity index (χ1v) is 7.93. The number of nitrogens with one attached hydrogen (secondary N) is 1. The molecule has 1 atom stereocenters. The lowest BCUT2D eigenvalue weighted by Crippen LogP contribution is -2.30. The number of nitrogens with two attached hydrogens (primary N) is 1. The number of carbonyl (C=O) groups excluding carboxylic acids is 1. The van der Waals surface area contributed by atoms with E-state index in [0.717, 1.165) is 23.8 Å². The third kappa shape index (κ3) is 2.78. The van der Waals surface area contributed by atoms with Gasteiger partial charge in [-0.15, -0.1) is 0 Å². The fraction of sp³-hybridized carbons (Fsp3) is 0.222. The second-order valence-electron chi connectivity index (χ2n) is 6.07. The van der Waals surface area contributed by atoms with Crippen LogP contribution in [0.5, 0.6) is 0 Å². The average Bonchev–Trinajstić information content (AvgIpc) is 3.45. The van der Waals surface area contributed by atoms with Crippen LogP contribution in [0.15, 0.2) is 49.1 Å². The lowest BCUT2D eigenvalue weighted by Gasteiger charge is -2.18. The maximum absolute atomic E-state index is 12.7. The molecular formula is C18H17N5O. The second kappa shape index (κ2) is 5.88. The summed E-state index contributed by atoms with van der Waals surface area (Å²) in [4.78, 5) is 25.0. The van der Waals surface area contributed by atoms with Crippen LogP contribution in [0.3, 0.4) is 0 Å². The van der Waals surface area contributed by atoms with Crippen LogP contribution < -0.4 is 11.1 Å². The van der Waals surface area contributed by atoms with E-state index in [2.05, 4.69) is 20.3 Å². The van der Waals surface area contributed by atoms with Gasteiger partial charge in [0.25, 0.3) is 5.91 Å². The summed E-state index contributed by atoms with van der Waals surface area (Å²) < 4.78 is 0. The Hall–Kier alpha value is -3.02. The predicted molar refractivity (Wildman–Crippen MR) is 91.1 cm³/mol. The van der Waals surface area contributed by atoms with E-state index in [1.165, 1.54) is 6.33 Å². The average molecular weight is 319 g/mol. The second-order valence-corrected chi connectivity index (χ2v) is 6.07. The number of benzene rings is 1. The molecule has 0 bridgehead atoms. The maximum atomic E-state index is 12.7. The SMILES string of the molecule is Nc1ncnc2cc(C(=O)NC(c3cccnc3)C3CC3)ccc12. The fourth-order valence-corrected chi connectivity index (χ4v) is 2.91. The van der Waals surface area contributed by atoms with Crippen molar-refractivity contribution in [2.45, 2.75) is 18.9 Å². The Morgan fingerprint density at radius 2 is 2.12 bits per heavy atom. The molecule has 3 aromatic rings. The fourth-order valence-electron chi connectivity index (χ4n) is 2.91. The number of fused-ring (bicyclic) bond motifs is 1. The van der Waals surface area contributed by atoms with Crippen LogP contribution in [0.4, 0.5) is 5.82 Å². The highest BCUT2D eigenvalue weighted by Gasteiger charge is 2.33. The highest BCUT2D eigenvalue weighted by Crippen LogP contribution is 2.40. The van der Waals surface area contributed by atoms with Gasteiger partial charge in [0, 0.05) is 23.3 Å². The van der Waals surface area contributed by atoms with Gasteiger partial charge in [0.05, 0.1) is 11.6 Å². The van der Waals surface area contributed by atoms with Gasteiger partial charge in [-0.3, -0.25) is 9.78 Å². The van der Waals surface area contributed by atoms with Gasteiger partial charge in [-0.1, -0.05) is 6.07 Å². The van der Waals surface area contributed by atoms with Crippen molar-refractivity contribution in [3.63, 3.8) is 0 Å².